The first kappa shape index (κ1) is 24.9. The van der Waals surface area contributed by atoms with Gasteiger partial charge in [-0.3, -0.25) is 9.59 Å². The molecule has 10 heteroatoms. The quantitative estimate of drug-likeness (QED) is 0.653. The summed E-state index contributed by atoms with van der Waals surface area (Å²) >= 11 is 0. The van der Waals surface area contributed by atoms with E-state index in [-0.39, 0.29) is 47.9 Å². The molecule has 1 aliphatic rings. The van der Waals surface area contributed by atoms with Gasteiger partial charge in [-0.1, -0.05) is 49.3 Å². The van der Waals surface area contributed by atoms with Crippen LogP contribution in [-0.2, 0) is 26.0 Å². The normalized spacial score (nSPS) is 16.5. The van der Waals surface area contributed by atoms with Crippen LogP contribution in [0.5, 0.6) is 0 Å². The summed E-state index contributed by atoms with van der Waals surface area (Å²) in [4.78, 5) is 27.6. The molecule has 1 N–H and O–H groups in total. The summed E-state index contributed by atoms with van der Waals surface area (Å²) < 4.78 is 32.7. The van der Waals surface area contributed by atoms with E-state index in [2.05, 4.69) is 10.5 Å². The Morgan fingerprint density at radius 3 is 2.39 bits per heavy atom. The van der Waals surface area contributed by atoms with Crippen molar-refractivity contribution in [3.05, 3.63) is 47.3 Å². The second-order valence-corrected chi connectivity index (χ2v) is 10.6. The lowest BCUT2D eigenvalue weighted by Gasteiger charge is -2.29. The molecule has 0 saturated carbocycles. The third kappa shape index (κ3) is 5.80. The van der Waals surface area contributed by atoms with E-state index in [0.29, 0.717) is 25.2 Å². The van der Waals surface area contributed by atoms with Crippen molar-refractivity contribution in [1.29, 1.82) is 0 Å². The van der Waals surface area contributed by atoms with Crippen LogP contribution in [0.1, 0.15) is 37.3 Å². The molecule has 1 saturated heterocycles. The van der Waals surface area contributed by atoms with E-state index in [0.717, 1.165) is 5.56 Å². The summed E-state index contributed by atoms with van der Waals surface area (Å²) in [5.41, 5.74) is 1.20. The highest BCUT2D eigenvalue weighted by atomic mass is 32.2. The van der Waals surface area contributed by atoms with Crippen molar-refractivity contribution in [1.82, 2.24) is 19.7 Å². The Hall–Kier alpha value is -2.72. The van der Waals surface area contributed by atoms with Crippen LogP contribution in [0, 0.1) is 19.8 Å². The summed E-state index contributed by atoms with van der Waals surface area (Å²) in [5.74, 6) is -0.262. The largest absolute Gasteiger partial charge is 0.360 e. The zero-order valence-electron chi connectivity index (χ0n) is 19.6. The molecule has 33 heavy (non-hydrogen) atoms. The second kappa shape index (κ2) is 10.5. The van der Waals surface area contributed by atoms with Gasteiger partial charge in [0.05, 0.1) is 6.42 Å². The Balaban J connectivity index is 1.67. The van der Waals surface area contributed by atoms with Gasteiger partial charge >= 0.3 is 0 Å². The molecular weight excluding hydrogens is 444 g/mol. The lowest BCUT2D eigenvalue weighted by molar-refractivity contribution is -0.137. The number of benzene rings is 1. The summed E-state index contributed by atoms with van der Waals surface area (Å²) in [7, 11) is -3.77. The van der Waals surface area contributed by atoms with Gasteiger partial charge in [-0.2, -0.15) is 4.31 Å². The molecule has 9 nitrogen and oxygen atoms in total. The maximum Gasteiger partial charge on any atom is 0.248 e. The molecule has 1 aliphatic heterocycles. The average molecular weight is 477 g/mol. The van der Waals surface area contributed by atoms with Crippen molar-refractivity contribution in [2.45, 2.75) is 51.5 Å². The summed E-state index contributed by atoms with van der Waals surface area (Å²) in [6.45, 7) is 8.08. The maximum atomic E-state index is 13.3. The molecule has 0 aliphatic carbocycles. The standard InChI is InChI=1S/C23H32N4O5S/c1-16(2)21(24-20(28)15-19-9-6-5-7-10-19)23(29)26-11-8-12-27(14-13-26)33(30,31)22-17(3)25-32-18(22)4/h5-7,9-10,16,21H,8,11-15H2,1-4H3,(H,24,28)/t21-/m0/s1. The van der Waals surface area contributed by atoms with E-state index in [4.69, 9.17) is 4.52 Å². The zero-order valence-corrected chi connectivity index (χ0v) is 20.4. The monoisotopic (exact) mass is 476 g/mol. The molecule has 2 heterocycles. The molecule has 0 unspecified atom stereocenters. The van der Waals surface area contributed by atoms with Gasteiger partial charge in [-0.15, -0.1) is 0 Å². The molecule has 1 atom stereocenters. The fraction of sp³-hybridized carbons (Fsp3) is 0.522. The molecule has 2 amide bonds. The highest BCUT2D eigenvalue weighted by Crippen LogP contribution is 2.24. The minimum absolute atomic E-state index is 0.0931. The number of hydrogen-bond acceptors (Lipinski definition) is 6. The number of aryl methyl sites for hydroxylation is 2. The molecule has 2 aromatic rings. The van der Waals surface area contributed by atoms with Gasteiger partial charge in [0.25, 0.3) is 0 Å². The third-order valence-electron chi connectivity index (χ3n) is 5.79. The van der Waals surface area contributed by atoms with Crippen molar-refractivity contribution in [2.75, 3.05) is 26.2 Å². The van der Waals surface area contributed by atoms with E-state index < -0.39 is 16.1 Å². The Labute approximate surface area is 195 Å². The number of hydrogen-bond donors (Lipinski definition) is 1. The zero-order chi connectivity index (χ0) is 24.2. The molecule has 1 aromatic carbocycles. The van der Waals surface area contributed by atoms with Crippen LogP contribution in [0.2, 0.25) is 0 Å². The fourth-order valence-electron chi connectivity index (χ4n) is 4.04. The van der Waals surface area contributed by atoms with Crippen molar-refractivity contribution in [3.63, 3.8) is 0 Å². The molecule has 0 radical (unpaired) electrons. The van der Waals surface area contributed by atoms with Crippen LogP contribution in [-0.4, -0.2) is 66.8 Å². The van der Waals surface area contributed by atoms with Crippen LogP contribution in [0.4, 0.5) is 0 Å². The first-order chi connectivity index (χ1) is 15.6. The SMILES string of the molecule is Cc1noc(C)c1S(=O)(=O)N1CCCN(C(=O)[C@@H](NC(=O)Cc2ccccc2)C(C)C)CC1. The molecule has 1 fully saturated rings. The number of rotatable bonds is 7. The second-order valence-electron chi connectivity index (χ2n) is 8.69. The fourth-order valence-corrected chi connectivity index (χ4v) is 5.80. The number of aromatic nitrogens is 1. The smallest absolute Gasteiger partial charge is 0.248 e. The molecule has 1 aromatic heterocycles. The van der Waals surface area contributed by atoms with Crippen molar-refractivity contribution < 1.29 is 22.5 Å². The maximum absolute atomic E-state index is 13.3. The molecule has 0 bridgehead atoms. The van der Waals surface area contributed by atoms with Gasteiger partial charge in [0.15, 0.2) is 5.76 Å². The number of nitrogens with one attached hydrogen (secondary N) is 1. The Kier molecular flexibility index (Phi) is 7.91. The highest BCUT2D eigenvalue weighted by Gasteiger charge is 2.35. The van der Waals surface area contributed by atoms with Crippen molar-refractivity contribution >= 4 is 21.8 Å². The Morgan fingerprint density at radius 1 is 1.09 bits per heavy atom. The van der Waals surface area contributed by atoms with Gasteiger partial charge in [-0.25, -0.2) is 8.42 Å². The van der Waals surface area contributed by atoms with E-state index in [1.807, 2.05) is 44.2 Å². The van der Waals surface area contributed by atoms with Crippen molar-refractivity contribution in [2.24, 2.45) is 5.92 Å². The van der Waals surface area contributed by atoms with Crippen LogP contribution in [0.15, 0.2) is 39.8 Å². The van der Waals surface area contributed by atoms with Crippen LogP contribution < -0.4 is 5.32 Å². The van der Waals surface area contributed by atoms with E-state index in [1.54, 1.807) is 18.7 Å². The number of amides is 2. The van der Waals surface area contributed by atoms with Crippen LogP contribution in [0.25, 0.3) is 0 Å². The van der Waals surface area contributed by atoms with Crippen LogP contribution >= 0.6 is 0 Å². The molecular formula is C23H32N4O5S. The molecule has 3 rings (SSSR count). The number of carbonyl (C=O) groups excluding carboxylic acids is 2. The van der Waals surface area contributed by atoms with Gasteiger partial charge < -0.3 is 14.7 Å². The number of nitrogens with zero attached hydrogens (tertiary/aromatic N) is 3. The summed E-state index contributed by atoms with van der Waals surface area (Å²) in [6, 6.07) is 8.69. The lowest BCUT2D eigenvalue weighted by atomic mass is 10.0. The predicted octanol–water partition coefficient (Wildman–Crippen LogP) is 1.90. The number of carbonyl (C=O) groups is 2. The number of sulfonamides is 1. The Morgan fingerprint density at radius 2 is 1.79 bits per heavy atom. The van der Waals surface area contributed by atoms with E-state index in [1.165, 1.54) is 4.31 Å². The van der Waals surface area contributed by atoms with Gasteiger partial charge in [0.1, 0.15) is 16.6 Å². The predicted molar refractivity (Wildman–Crippen MR) is 123 cm³/mol. The first-order valence-electron chi connectivity index (χ1n) is 11.2. The van der Waals surface area contributed by atoms with Crippen molar-refractivity contribution in [3.8, 4) is 0 Å². The minimum Gasteiger partial charge on any atom is -0.360 e. The van der Waals surface area contributed by atoms with Gasteiger partial charge in [0, 0.05) is 26.2 Å². The summed E-state index contributed by atoms with van der Waals surface area (Å²) in [6.07, 6.45) is 0.692. The highest BCUT2D eigenvalue weighted by molar-refractivity contribution is 7.89. The van der Waals surface area contributed by atoms with Gasteiger partial charge in [0.2, 0.25) is 21.8 Å². The van der Waals surface area contributed by atoms with Gasteiger partial charge in [-0.05, 0) is 31.7 Å². The lowest BCUT2D eigenvalue weighted by Crippen LogP contribution is -2.52. The molecule has 0 spiro atoms. The summed E-state index contributed by atoms with van der Waals surface area (Å²) in [5, 5.41) is 6.64. The third-order valence-corrected chi connectivity index (χ3v) is 7.93. The molecule has 180 valence electrons. The Bertz CT molecular complexity index is 1060. The van der Waals surface area contributed by atoms with E-state index >= 15 is 0 Å². The topological polar surface area (TPSA) is 113 Å². The first-order valence-corrected chi connectivity index (χ1v) is 12.6. The van der Waals surface area contributed by atoms with E-state index in [9.17, 15) is 18.0 Å². The van der Waals surface area contributed by atoms with Crippen LogP contribution in [0.3, 0.4) is 0 Å². The minimum atomic E-state index is -3.77. The average Bonchev–Trinajstić information content (AvgIpc) is 2.96.